The number of nitrogens with zero attached hydrogens (tertiary/aromatic N) is 4. The molecule has 0 saturated carbocycles. The summed E-state index contributed by atoms with van der Waals surface area (Å²) in [6.45, 7) is 3.90. The van der Waals surface area contributed by atoms with Crippen molar-refractivity contribution in [2.75, 3.05) is 23.7 Å². The molecule has 3 aromatic rings. The van der Waals surface area contributed by atoms with Gasteiger partial charge in [-0.05, 0) is 36.1 Å². The smallest absolute Gasteiger partial charge is 0.224 e. The molecule has 2 N–H and O–H groups in total. The molecule has 3 heterocycles. The second kappa shape index (κ2) is 9.28. The van der Waals surface area contributed by atoms with Gasteiger partial charge in [0.25, 0.3) is 0 Å². The van der Waals surface area contributed by atoms with Crippen LogP contribution in [-0.2, 0) is 13.1 Å². The van der Waals surface area contributed by atoms with Crippen molar-refractivity contribution < 1.29 is 0 Å². The molecule has 0 atom stereocenters. The fourth-order valence-electron chi connectivity index (χ4n) is 3.48. The van der Waals surface area contributed by atoms with Crippen LogP contribution in [0.2, 0.25) is 0 Å². The third kappa shape index (κ3) is 5.27. The zero-order valence-electron chi connectivity index (χ0n) is 16.0. The number of pyridine rings is 1. The first-order chi connectivity index (χ1) is 13.8. The highest BCUT2D eigenvalue weighted by molar-refractivity contribution is 5.40. The number of hydrogen-bond acceptors (Lipinski definition) is 6. The third-order valence-electron chi connectivity index (χ3n) is 5.02. The van der Waals surface area contributed by atoms with Crippen molar-refractivity contribution in [3.63, 3.8) is 0 Å². The van der Waals surface area contributed by atoms with Gasteiger partial charge in [-0.3, -0.25) is 9.88 Å². The first-order valence-electron chi connectivity index (χ1n) is 9.84. The van der Waals surface area contributed by atoms with E-state index >= 15 is 0 Å². The number of rotatable bonds is 7. The molecule has 28 heavy (non-hydrogen) atoms. The van der Waals surface area contributed by atoms with Crippen LogP contribution >= 0.6 is 0 Å². The average molecular weight is 374 g/mol. The molecule has 1 aliphatic heterocycles. The van der Waals surface area contributed by atoms with Crippen molar-refractivity contribution >= 4 is 11.8 Å². The molecule has 0 bridgehead atoms. The largest absolute Gasteiger partial charge is 0.366 e. The molecule has 1 fully saturated rings. The van der Waals surface area contributed by atoms with Gasteiger partial charge in [0.2, 0.25) is 5.95 Å². The lowest BCUT2D eigenvalue weighted by Crippen LogP contribution is -2.39. The molecular formula is C22H26N6. The number of likely N-dealkylation sites (tertiary alicyclic amines) is 1. The van der Waals surface area contributed by atoms with E-state index in [0.29, 0.717) is 18.5 Å². The van der Waals surface area contributed by atoms with Crippen molar-refractivity contribution in [1.29, 1.82) is 0 Å². The van der Waals surface area contributed by atoms with Gasteiger partial charge < -0.3 is 10.6 Å². The van der Waals surface area contributed by atoms with Crippen LogP contribution in [0.1, 0.15) is 24.0 Å². The molecule has 144 valence electrons. The van der Waals surface area contributed by atoms with Crippen molar-refractivity contribution in [1.82, 2.24) is 19.9 Å². The Bertz CT molecular complexity index is 847. The second-order valence-corrected chi connectivity index (χ2v) is 7.16. The van der Waals surface area contributed by atoms with E-state index in [2.05, 4.69) is 60.8 Å². The summed E-state index contributed by atoms with van der Waals surface area (Å²) in [7, 11) is 0. The lowest BCUT2D eigenvalue weighted by atomic mass is 10.0. The van der Waals surface area contributed by atoms with Crippen LogP contribution in [-0.4, -0.2) is 39.0 Å². The molecule has 0 aliphatic carbocycles. The summed E-state index contributed by atoms with van der Waals surface area (Å²) in [4.78, 5) is 15.6. The average Bonchev–Trinajstić information content (AvgIpc) is 2.76. The van der Waals surface area contributed by atoms with Gasteiger partial charge in [-0.2, -0.15) is 4.98 Å². The normalized spacial score (nSPS) is 15.3. The van der Waals surface area contributed by atoms with E-state index in [1.807, 2.05) is 24.4 Å². The lowest BCUT2D eigenvalue weighted by molar-refractivity contribution is 0.211. The Morgan fingerprint density at radius 2 is 1.75 bits per heavy atom. The van der Waals surface area contributed by atoms with Gasteiger partial charge in [0, 0.05) is 50.8 Å². The number of piperidine rings is 1. The monoisotopic (exact) mass is 374 g/mol. The van der Waals surface area contributed by atoms with Gasteiger partial charge in [-0.25, -0.2) is 4.98 Å². The maximum absolute atomic E-state index is 4.60. The minimum absolute atomic E-state index is 0.417. The molecule has 1 aromatic carbocycles. The molecular weight excluding hydrogens is 348 g/mol. The maximum atomic E-state index is 4.60. The SMILES string of the molecule is c1ccc(CN2CCC(Nc3nccc(NCc4cccnc4)n3)CC2)cc1. The molecule has 1 saturated heterocycles. The van der Waals surface area contributed by atoms with Gasteiger partial charge in [0.1, 0.15) is 5.82 Å². The van der Waals surface area contributed by atoms with Crippen LogP contribution in [0.3, 0.4) is 0 Å². The zero-order chi connectivity index (χ0) is 19.0. The van der Waals surface area contributed by atoms with Crippen LogP contribution in [0, 0.1) is 0 Å². The summed E-state index contributed by atoms with van der Waals surface area (Å²) in [5, 5.41) is 6.84. The Hall–Kier alpha value is -2.99. The minimum atomic E-state index is 0.417. The summed E-state index contributed by atoms with van der Waals surface area (Å²) < 4.78 is 0. The highest BCUT2D eigenvalue weighted by atomic mass is 15.2. The van der Waals surface area contributed by atoms with Gasteiger partial charge in [-0.15, -0.1) is 0 Å². The second-order valence-electron chi connectivity index (χ2n) is 7.16. The fourth-order valence-corrected chi connectivity index (χ4v) is 3.48. The number of benzene rings is 1. The predicted molar refractivity (Wildman–Crippen MR) is 112 cm³/mol. The van der Waals surface area contributed by atoms with Gasteiger partial charge in [-0.1, -0.05) is 36.4 Å². The first-order valence-corrected chi connectivity index (χ1v) is 9.84. The highest BCUT2D eigenvalue weighted by Crippen LogP contribution is 2.17. The molecule has 0 unspecified atom stereocenters. The molecule has 6 nitrogen and oxygen atoms in total. The van der Waals surface area contributed by atoms with Crippen molar-refractivity contribution in [2.24, 2.45) is 0 Å². The van der Waals surface area contributed by atoms with E-state index in [-0.39, 0.29) is 0 Å². The Morgan fingerprint density at radius 1 is 0.929 bits per heavy atom. The van der Waals surface area contributed by atoms with Crippen LogP contribution in [0.5, 0.6) is 0 Å². The van der Waals surface area contributed by atoms with Crippen molar-refractivity contribution in [3.8, 4) is 0 Å². The summed E-state index contributed by atoms with van der Waals surface area (Å²) in [6, 6.07) is 17.0. The van der Waals surface area contributed by atoms with Crippen molar-refractivity contribution in [2.45, 2.75) is 32.0 Å². The Kier molecular flexibility index (Phi) is 6.09. The van der Waals surface area contributed by atoms with E-state index in [9.17, 15) is 0 Å². The van der Waals surface area contributed by atoms with Crippen LogP contribution in [0.4, 0.5) is 11.8 Å². The molecule has 6 heteroatoms. The fraction of sp³-hybridized carbons (Fsp3) is 0.318. The molecule has 0 radical (unpaired) electrons. The molecule has 2 aromatic heterocycles. The van der Waals surface area contributed by atoms with Gasteiger partial charge in [0.05, 0.1) is 0 Å². The number of nitrogens with one attached hydrogen (secondary N) is 2. The topological polar surface area (TPSA) is 66.0 Å². The summed E-state index contributed by atoms with van der Waals surface area (Å²) in [5.41, 5.74) is 2.51. The van der Waals surface area contributed by atoms with Gasteiger partial charge >= 0.3 is 0 Å². The van der Waals surface area contributed by atoms with E-state index in [1.165, 1.54) is 5.56 Å². The Morgan fingerprint density at radius 3 is 2.54 bits per heavy atom. The highest BCUT2D eigenvalue weighted by Gasteiger charge is 2.19. The summed E-state index contributed by atoms with van der Waals surface area (Å²) in [6.07, 6.45) is 7.64. The number of hydrogen-bond donors (Lipinski definition) is 2. The van der Waals surface area contributed by atoms with E-state index in [1.54, 1.807) is 12.4 Å². The first kappa shape index (κ1) is 18.4. The quantitative estimate of drug-likeness (QED) is 0.659. The van der Waals surface area contributed by atoms with E-state index in [0.717, 1.165) is 43.9 Å². The van der Waals surface area contributed by atoms with Crippen LogP contribution < -0.4 is 10.6 Å². The molecule has 0 amide bonds. The predicted octanol–water partition coefficient (Wildman–Crippen LogP) is 3.56. The molecule has 4 rings (SSSR count). The Labute approximate surface area is 166 Å². The van der Waals surface area contributed by atoms with E-state index < -0.39 is 0 Å². The summed E-state index contributed by atoms with van der Waals surface area (Å²) >= 11 is 0. The lowest BCUT2D eigenvalue weighted by Gasteiger charge is -2.32. The van der Waals surface area contributed by atoms with Crippen molar-refractivity contribution in [3.05, 3.63) is 78.2 Å². The number of anilines is 2. The Balaban J connectivity index is 1.26. The standard InChI is InChI=1S/C22H26N6/c1-2-5-18(6-3-1)17-28-13-9-20(10-14-28)26-22-24-12-8-21(27-22)25-16-19-7-4-11-23-15-19/h1-8,11-12,15,20H,9-10,13-14,16-17H2,(H2,24,25,26,27). The van der Waals surface area contributed by atoms with Crippen LogP contribution in [0.25, 0.3) is 0 Å². The summed E-state index contributed by atoms with van der Waals surface area (Å²) in [5.74, 6) is 1.51. The number of aromatic nitrogens is 3. The van der Waals surface area contributed by atoms with Crippen LogP contribution in [0.15, 0.2) is 67.1 Å². The van der Waals surface area contributed by atoms with E-state index in [4.69, 9.17) is 0 Å². The maximum Gasteiger partial charge on any atom is 0.224 e. The van der Waals surface area contributed by atoms with Gasteiger partial charge in [0.15, 0.2) is 0 Å². The third-order valence-corrected chi connectivity index (χ3v) is 5.02. The minimum Gasteiger partial charge on any atom is -0.366 e. The zero-order valence-corrected chi connectivity index (χ0v) is 16.0. The molecule has 1 aliphatic rings. The molecule has 0 spiro atoms.